The first-order valence-electron chi connectivity index (χ1n) is 13.6. The maximum atomic E-state index is 13.8. The molecular weight excluding hydrogens is 477 g/mol. The summed E-state index contributed by atoms with van der Waals surface area (Å²) in [6.45, 7) is 6.17. The number of rotatable bonds is 4. The fourth-order valence-corrected chi connectivity index (χ4v) is 5.80. The van der Waals surface area contributed by atoms with Crippen molar-refractivity contribution in [2.75, 3.05) is 19.7 Å². The third-order valence-electron chi connectivity index (χ3n) is 7.87. The molecule has 202 valence electrons. The molecule has 1 amide bonds. The molecule has 2 aromatic rings. The predicted molar refractivity (Wildman–Crippen MR) is 139 cm³/mol. The molecule has 1 fully saturated rings. The van der Waals surface area contributed by atoms with Crippen molar-refractivity contribution in [3.63, 3.8) is 0 Å². The number of alkyl halides is 3. The van der Waals surface area contributed by atoms with Crippen LogP contribution in [0, 0.1) is 11.3 Å². The van der Waals surface area contributed by atoms with Gasteiger partial charge < -0.3 is 10.1 Å². The molecule has 2 aliphatic rings. The zero-order chi connectivity index (χ0) is 26.5. The maximum Gasteiger partial charge on any atom is 0.416 e. The molecule has 0 radical (unpaired) electrons. The smallest absolute Gasteiger partial charge is 0.416 e. The number of nitrogens with zero attached hydrogens (tertiary/aromatic N) is 1. The molecular formula is C30H39F3N2O2. The molecule has 0 saturated carbocycles. The second kappa shape index (κ2) is 11.9. The molecule has 4 rings (SSSR count). The number of ether oxygens (including phenoxy) is 1. The highest BCUT2D eigenvalue weighted by Crippen LogP contribution is 2.39. The number of benzene rings is 2. The van der Waals surface area contributed by atoms with Gasteiger partial charge in [0.05, 0.1) is 17.0 Å². The van der Waals surface area contributed by atoms with E-state index in [1.54, 1.807) is 12.1 Å². The molecule has 1 spiro atoms. The summed E-state index contributed by atoms with van der Waals surface area (Å²) in [6.07, 6.45) is 1.35. The summed E-state index contributed by atoms with van der Waals surface area (Å²) in [4.78, 5) is 15.8. The second-order valence-corrected chi connectivity index (χ2v) is 11.1. The molecule has 0 unspecified atom stereocenters. The lowest BCUT2D eigenvalue weighted by atomic mass is 9.73. The van der Waals surface area contributed by atoms with Crippen molar-refractivity contribution in [2.24, 2.45) is 11.3 Å². The summed E-state index contributed by atoms with van der Waals surface area (Å²) in [5.41, 5.74) is 0.427. The topological polar surface area (TPSA) is 41.6 Å². The van der Waals surface area contributed by atoms with Crippen LogP contribution in [0.15, 0.2) is 48.5 Å². The molecule has 2 heterocycles. The van der Waals surface area contributed by atoms with Gasteiger partial charge in [-0.1, -0.05) is 56.7 Å². The van der Waals surface area contributed by atoms with E-state index < -0.39 is 17.2 Å². The van der Waals surface area contributed by atoms with Crippen LogP contribution in [-0.2, 0) is 23.9 Å². The average Bonchev–Trinajstić information content (AvgIpc) is 2.85. The molecule has 2 aliphatic heterocycles. The molecule has 0 bridgehead atoms. The third kappa shape index (κ3) is 7.07. The van der Waals surface area contributed by atoms with Gasteiger partial charge in [0.15, 0.2) is 0 Å². The minimum Gasteiger partial charge on any atom is -0.491 e. The van der Waals surface area contributed by atoms with E-state index in [0.717, 1.165) is 43.9 Å². The summed E-state index contributed by atoms with van der Waals surface area (Å²) in [7, 11) is 0. The number of likely N-dealkylation sites (tertiary alicyclic amines) is 1. The molecule has 1 N–H and O–H groups in total. The van der Waals surface area contributed by atoms with E-state index in [9.17, 15) is 18.0 Å². The minimum absolute atomic E-state index is 0.0750. The minimum atomic E-state index is -4.37. The van der Waals surface area contributed by atoms with Gasteiger partial charge in [0.25, 0.3) is 0 Å². The highest BCUT2D eigenvalue weighted by Gasteiger charge is 2.42. The average molecular weight is 517 g/mol. The Balaban J connectivity index is 1.48. The summed E-state index contributed by atoms with van der Waals surface area (Å²) in [5.74, 6) is 1.38. The number of hydrogen-bond acceptors (Lipinski definition) is 3. The SMILES string of the molecule is CC(C)C[C@H]1COc2ccccc2CCCCC2(CCN(Cc3ccccc3C(F)(F)F)CC2)C(=O)N1. The number of fused-ring (bicyclic) bond motifs is 1. The van der Waals surface area contributed by atoms with Crippen molar-refractivity contribution < 1.29 is 22.7 Å². The van der Waals surface area contributed by atoms with Crippen molar-refractivity contribution in [3.8, 4) is 5.75 Å². The van der Waals surface area contributed by atoms with Crippen molar-refractivity contribution >= 4 is 5.91 Å². The fourth-order valence-electron chi connectivity index (χ4n) is 5.80. The molecule has 7 heteroatoms. The van der Waals surface area contributed by atoms with Gasteiger partial charge in [0.1, 0.15) is 12.4 Å². The largest absolute Gasteiger partial charge is 0.491 e. The van der Waals surface area contributed by atoms with Crippen LogP contribution in [-0.4, -0.2) is 36.5 Å². The van der Waals surface area contributed by atoms with Gasteiger partial charge in [-0.15, -0.1) is 0 Å². The van der Waals surface area contributed by atoms with Gasteiger partial charge in [-0.2, -0.15) is 13.2 Å². The molecule has 0 aromatic heterocycles. The zero-order valence-corrected chi connectivity index (χ0v) is 21.9. The Morgan fingerprint density at radius 3 is 2.46 bits per heavy atom. The lowest BCUT2D eigenvalue weighted by Gasteiger charge is -2.42. The zero-order valence-electron chi connectivity index (χ0n) is 21.9. The Hall–Kier alpha value is -2.54. The van der Waals surface area contributed by atoms with Crippen LogP contribution < -0.4 is 10.1 Å². The summed E-state index contributed by atoms with van der Waals surface area (Å²) < 4.78 is 46.7. The van der Waals surface area contributed by atoms with Crippen molar-refractivity contribution in [3.05, 3.63) is 65.2 Å². The normalized spacial score (nSPS) is 21.5. The van der Waals surface area contributed by atoms with E-state index >= 15 is 0 Å². The highest BCUT2D eigenvalue weighted by molar-refractivity contribution is 5.83. The molecule has 1 atom stereocenters. The van der Waals surface area contributed by atoms with Crippen LogP contribution in [0.25, 0.3) is 0 Å². The van der Waals surface area contributed by atoms with Crippen molar-refractivity contribution in [1.29, 1.82) is 0 Å². The summed E-state index contributed by atoms with van der Waals surface area (Å²) in [5, 5.41) is 3.32. The number of carbonyl (C=O) groups is 1. The number of aryl methyl sites for hydroxylation is 1. The second-order valence-electron chi connectivity index (χ2n) is 11.1. The van der Waals surface area contributed by atoms with E-state index in [0.29, 0.717) is 44.0 Å². The third-order valence-corrected chi connectivity index (χ3v) is 7.87. The number of amides is 1. The van der Waals surface area contributed by atoms with Crippen LogP contribution in [0.1, 0.15) is 69.1 Å². The fraction of sp³-hybridized carbons (Fsp3) is 0.567. The number of nitrogens with one attached hydrogen (secondary N) is 1. The van der Waals surface area contributed by atoms with Gasteiger partial charge in [-0.05, 0) is 80.8 Å². The number of piperidine rings is 1. The number of para-hydroxylation sites is 1. The number of carbonyl (C=O) groups excluding carboxylic acids is 1. The molecule has 37 heavy (non-hydrogen) atoms. The van der Waals surface area contributed by atoms with Crippen molar-refractivity contribution in [2.45, 2.75) is 77.6 Å². The molecule has 0 aliphatic carbocycles. The molecule has 4 nitrogen and oxygen atoms in total. The van der Waals surface area contributed by atoms with E-state index in [2.05, 4.69) is 30.1 Å². The standard InChI is InChI=1S/C30H39F3N2O2/c1-22(2)19-25-21-37-27-13-6-4-9-23(27)10-7-8-14-29(28(36)34-25)15-17-35(18-16-29)20-24-11-3-5-12-26(24)30(31,32)33/h3-6,9,11-13,22,25H,7-8,10,14-21H2,1-2H3,(H,34,36)/t25-/m0/s1. The highest BCUT2D eigenvalue weighted by atomic mass is 19.4. The Labute approximate surface area is 218 Å². The first-order valence-corrected chi connectivity index (χ1v) is 13.6. The van der Waals surface area contributed by atoms with Crippen LogP contribution in [0.3, 0.4) is 0 Å². The van der Waals surface area contributed by atoms with E-state index in [1.807, 2.05) is 18.2 Å². The predicted octanol–water partition coefficient (Wildman–Crippen LogP) is 6.62. The van der Waals surface area contributed by atoms with Gasteiger partial charge in [0.2, 0.25) is 5.91 Å². The van der Waals surface area contributed by atoms with Crippen LogP contribution in [0.5, 0.6) is 5.75 Å². The van der Waals surface area contributed by atoms with Crippen LogP contribution in [0.2, 0.25) is 0 Å². The van der Waals surface area contributed by atoms with E-state index in [4.69, 9.17) is 4.74 Å². The number of hydrogen-bond donors (Lipinski definition) is 1. The van der Waals surface area contributed by atoms with Crippen LogP contribution >= 0.6 is 0 Å². The van der Waals surface area contributed by atoms with E-state index in [1.165, 1.54) is 11.6 Å². The lowest BCUT2D eigenvalue weighted by Crippen LogP contribution is -2.52. The monoisotopic (exact) mass is 516 g/mol. The Morgan fingerprint density at radius 1 is 1.03 bits per heavy atom. The van der Waals surface area contributed by atoms with Gasteiger partial charge in [-0.25, -0.2) is 0 Å². The summed E-state index contributed by atoms with van der Waals surface area (Å²) in [6, 6.07) is 13.8. The van der Waals surface area contributed by atoms with Gasteiger partial charge in [0, 0.05) is 6.54 Å². The van der Waals surface area contributed by atoms with Gasteiger partial charge in [-0.3, -0.25) is 9.69 Å². The van der Waals surface area contributed by atoms with Crippen LogP contribution in [0.4, 0.5) is 13.2 Å². The maximum absolute atomic E-state index is 13.8. The van der Waals surface area contributed by atoms with Gasteiger partial charge >= 0.3 is 6.18 Å². The quantitative estimate of drug-likeness (QED) is 0.496. The molecule has 1 saturated heterocycles. The lowest BCUT2D eigenvalue weighted by molar-refractivity contribution is -0.138. The number of halogens is 3. The molecule has 2 aromatic carbocycles. The Morgan fingerprint density at radius 2 is 1.73 bits per heavy atom. The first kappa shape index (κ1) is 27.5. The Kier molecular flexibility index (Phi) is 8.83. The summed E-state index contributed by atoms with van der Waals surface area (Å²) >= 11 is 0. The first-order chi connectivity index (χ1) is 17.7. The van der Waals surface area contributed by atoms with E-state index in [-0.39, 0.29) is 18.5 Å². The Bertz CT molecular complexity index is 1050. The van der Waals surface area contributed by atoms with Crippen molar-refractivity contribution in [1.82, 2.24) is 10.2 Å².